The molecule has 1 atom stereocenters. The number of Topliss-reactive ketones (excluding diaryl/α,β-unsaturated/α-hetero) is 1. The molecule has 0 bridgehead atoms. The Labute approximate surface area is 215 Å². The van der Waals surface area contributed by atoms with Gasteiger partial charge < -0.3 is 13.9 Å². The maximum Gasteiger partial charge on any atom is 0.211 e. The molecule has 0 N–H and O–H groups in total. The molecule has 0 spiro atoms. The number of carbonyl (C=O) groups excluding carboxylic acids is 1. The third-order valence-corrected chi connectivity index (χ3v) is 9.43. The molecular formula is C27H53N3O4Si. The Morgan fingerprint density at radius 3 is 2.26 bits per heavy atom. The third kappa shape index (κ3) is 14.9. The molecule has 0 aliphatic heterocycles. The summed E-state index contributed by atoms with van der Waals surface area (Å²) in [4.78, 5) is 12.2. The minimum atomic E-state index is -2.02. The molecule has 0 saturated heterocycles. The summed E-state index contributed by atoms with van der Waals surface area (Å²) in [7, 11) is -2.02. The van der Waals surface area contributed by atoms with Gasteiger partial charge in [-0.05, 0) is 39.8 Å². The van der Waals surface area contributed by atoms with Crippen LogP contribution in [0.15, 0.2) is 6.20 Å². The van der Waals surface area contributed by atoms with Crippen molar-refractivity contribution in [3.05, 3.63) is 11.9 Å². The number of aryl methyl sites for hydroxylation is 1. The number of rotatable bonds is 23. The summed E-state index contributed by atoms with van der Waals surface area (Å²) in [5, 5.41) is 8.87. The Hall–Kier alpha value is -1.09. The van der Waals surface area contributed by atoms with Crippen LogP contribution >= 0.6 is 0 Å². The van der Waals surface area contributed by atoms with E-state index in [0.717, 1.165) is 25.1 Å². The molecule has 0 saturated carbocycles. The molecule has 35 heavy (non-hydrogen) atoms. The molecule has 0 aromatic carbocycles. The lowest BCUT2D eigenvalue weighted by Gasteiger charge is -2.33. The smallest absolute Gasteiger partial charge is 0.211 e. The maximum atomic E-state index is 12.2. The number of nitrogens with zero attached hydrogens (tertiary/aromatic N) is 3. The van der Waals surface area contributed by atoms with Crippen LogP contribution in [-0.4, -0.2) is 61.6 Å². The molecule has 204 valence electrons. The summed E-state index contributed by atoms with van der Waals surface area (Å²) in [6.45, 7) is 15.0. The van der Waals surface area contributed by atoms with Crippen LogP contribution in [0, 0.1) is 0 Å². The molecule has 1 heterocycles. The van der Waals surface area contributed by atoms with Crippen LogP contribution in [0.5, 0.6) is 0 Å². The average molecular weight is 512 g/mol. The van der Waals surface area contributed by atoms with E-state index in [0.29, 0.717) is 26.1 Å². The first-order valence-corrected chi connectivity index (χ1v) is 17.0. The number of hydrogen-bond donors (Lipinski definition) is 0. The van der Waals surface area contributed by atoms with Crippen molar-refractivity contribution in [3.63, 3.8) is 0 Å². The van der Waals surface area contributed by atoms with Gasteiger partial charge in [-0.2, -0.15) is 0 Å². The van der Waals surface area contributed by atoms with Gasteiger partial charge in [-0.1, -0.05) is 70.4 Å². The Morgan fingerprint density at radius 2 is 1.60 bits per heavy atom. The summed E-state index contributed by atoms with van der Waals surface area (Å²) in [5.41, 5.74) is 1.10. The summed E-state index contributed by atoms with van der Waals surface area (Å²) in [5.74, 6) is 0.0865. The minimum Gasteiger partial charge on any atom is -0.413 e. The van der Waals surface area contributed by atoms with E-state index in [4.69, 9.17) is 13.9 Å². The fraction of sp³-hybridized carbons (Fsp3) is 0.889. The van der Waals surface area contributed by atoms with Gasteiger partial charge in [0.25, 0.3) is 0 Å². The van der Waals surface area contributed by atoms with Gasteiger partial charge in [-0.3, -0.25) is 4.79 Å². The highest BCUT2D eigenvalue weighted by molar-refractivity contribution is 6.71. The molecule has 0 amide bonds. The molecule has 0 radical (unpaired) electrons. The molecule has 1 aromatic heterocycles. The summed E-state index contributed by atoms with van der Waals surface area (Å²) in [6, 6.07) is 0. The molecular weight excluding hydrogens is 458 g/mol. The van der Waals surface area contributed by atoms with Gasteiger partial charge in [-0.15, -0.1) is 5.10 Å². The second kappa shape index (κ2) is 19.1. The van der Waals surface area contributed by atoms with Crippen molar-refractivity contribution in [3.8, 4) is 0 Å². The van der Waals surface area contributed by atoms with E-state index >= 15 is 0 Å². The molecule has 7 nitrogen and oxygen atoms in total. The lowest BCUT2D eigenvalue weighted by molar-refractivity contribution is -0.124. The summed E-state index contributed by atoms with van der Waals surface area (Å²) < 4.78 is 19.2. The topological polar surface area (TPSA) is 75.5 Å². The predicted octanol–water partition coefficient (Wildman–Crippen LogP) is 6.46. The highest BCUT2D eigenvalue weighted by Gasteiger charge is 2.36. The largest absolute Gasteiger partial charge is 0.413 e. The maximum absolute atomic E-state index is 12.2. The van der Waals surface area contributed by atoms with Crippen LogP contribution in [0.1, 0.15) is 110 Å². The van der Waals surface area contributed by atoms with Gasteiger partial charge in [0.15, 0.2) is 5.78 Å². The normalized spacial score (nSPS) is 13.0. The predicted molar refractivity (Wildman–Crippen MR) is 145 cm³/mol. The fourth-order valence-corrected chi connectivity index (χ4v) is 7.46. The molecule has 0 fully saturated rings. The first-order valence-electron chi connectivity index (χ1n) is 14.1. The van der Waals surface area contributed by atoms with Crippen molar-refractivity contribution >= 4 is 14.1 Å². The average Bonchev–Trinajstić information content (AvgIpc) is 3.26. The van der Waals surface area contributed by atoms with Crippen LogP contribution in [0.25, 0.3) is 0 Å². The van der Waals surface area contributed by atoms with Crippen molar-refractivity contribution in [1.82, 2.24) is 15.0 Å². The molecule has 1 rings (SSSR count). The van der Waals surface area contributed by atoms with E-state index in [1.54, 1.807) is 0 Å². The second-order valence-electron chi connectivity index (χ2n) is 10.4. The Bertz CT molecular complexity index is 667. The number of ether oxygens (including phenoxy) is 2. The Balaban J connectivity index is 2.54. The molecule has 1 unspecified atom stereocenters. The van der Waals surface area contributed by atoms with E-state index in [-0.39, 0.29) is 24.2 Å². The molecule has 0 aliphatic carbocycles. The molecule has 8 heteroatoms. The quantitative estimate of drug-likeness (QED) is 0.124. The lowest BCUT2D eigenvalue weighted by atomic mass is 10.1. The van der Waals surface area contributed by atoms with Crippen molar-refractivity contribution in [1.29, 1.82) is 0 Å². The van der Waals surface area contributed by atoms with Crippen molar-refractivity contribution in [2.75, 3.05) is 26.4 Å². The van der Waals surface area contributed by atoms with Crippen LogP contribution in [-0.2, 0) is 25.1 Å². The zero-order valence-corrected chi connectivity index (χ0v) is 24.5. The van der Waals surface area contributed by atoms with Crippen molar-refractivity contribution in [2.45, 2.75) is 130 Å². The number of aromatic nitrogens is 3. The molecule has 1 aromatic rings. The monoisotopic (exact) mass is 511 g/mol. The minimum absolute atomic E-state index is 0.0865. The van der Waals surface area contributed by atoms with E-state index in [1.807, 2.05) is 10.9 Å². The summed E-state index contributed by atoms with van der Waals surface area (Å²) in [6.07, 6.45) is 15.8. The highest BCUT2D eigenvalue weighted by Crippen LogP contribution is 2.29. The standard InChI is InChI=1S/C27H53N3O4Si/c1-7-9-10-11-12-13-14-15-16-27(35(5,6)34-24(3)4)30-22-25(28-29-30)17-18-26(31)23-33-21-20-32-19-8-2/h22,24,27H,7-21,23H2,1-6H3. The zero-order chi connectivity index (χ0) is 25.9. The van der Waals surface area contributed by atoms with Gasteiger partial charge in [0, 0.05) is 31.7 Å². The third-order valence-electron chi connectivity index (χ3n) is 6.19. The van der Waals surface area contributed by atoms with Gasteiger partial charge in [-0.25, -0.2) is 4.68 Å². The van der Waals surface area contributed by atoms with E-state index in [1.165, 1.54) is 51.4 Å². The van der Waals surface area contributed by atoms with Gasteiger partial charge in [0.2, 0.25) is 8.32 Å². The van der Waals surface area contributed by atoms with Crippen LogP contribution in [0.2, 0.25) is 13.1 Å². The number of ketones is 1. The Kier molecular flexibility index (Phi) is 17.4. The van der Waals surface area contributed by atoms with Gasteiger partial charge >= 0.3 is 0 Å². The zero-order valence-electron chi connectivity index (χ0n) is 23.5. The van der Waals surface area contributed by atoms with Gasteiger partial charge in [0.1, 0.15) is 6.61 Å². The number of unbranched alkanes of at least 4 members (excludes halogenated alkanes) is 7. The molecule has 0 aliphatic rings. The first-order chi connectivity index (χ1) is 16.8. The highest BCUT2D eigenvalue weighted by atomic mass is 28.4. The van der Waals surface area contributed by atoms with Crippen LogP contribution in [0.3, 0.4) is 0 Å². The van der Waals surface area contributed by atoms with Gasteiger partial charge in [0.05, 0.1) is 24.6 Å². The van der Waals surface area contributed by atoms with E-state index in [2.05, 4.69) is 51.1 Å². The van der Waals surface area contributed by atoms with E-state index in [9.17, 15) is 4.79 Å². The van der Waals surface area contributed by atoms with E-state index < -0.39 is 8.32 Å². The van der Waals surface area contributed by atoms with Crippen molar-refractivity contribution in [2.24, 2.45) is 0 Å². The number of hydrogen-bond acceptors (Lipinski definition) is 6. The second-order valence-corrected chi connectivity index (χ2v) is 14.6. The van der Waals surface area contributed by atoms with Crippen LogP contribution < -0.4 is 0 Å². The Morgan fingerprint density at radius 1 is 0.943 bits per heavy atom. The first kappa shape index (κ1) is 31.9. The van der Waals surface area contributed by atoms with Crippen molar-refractivity contribution < 1.29 is 18.7 Å². The number of carbonyl (C=O) groups is 1. The SMILES string of the molecule is CCCCCCCCCCC(n1cc(CCC(=O)COCCOCCC)nn1)[Si](C)(C)OC(C)C. The van der Waals surface area contributed by atoms with Crippen LogP contribution in [0.4, 0.5) is 0 Å². The summed E-state index contributed by atoms with van der Waals surface area (Å²) >= 11 is 0. The lowest BCUT2D eigenvalue weighted by Crippen LogP contribution is -2.44. The fourth-order valence-electron chi connectivity index (χ4n) is 4.43.